The fourth-order valence-corrected chi connectivity index (χ4v) is 4.63. The number of hydrogen-bond donors (Lipinski definition) is 1. The lowest BCUT2D eigenvalue weighted by atomic mass is 10.0. The average molecular weight is 459 g/mol. The van der Waals surface area contributed by atoms with Crippen LogP contribution < -0.4 is 14.8 Å². The molecule has 2 heterocycles. The Labute approximate surface area is 197 Å². The van der Waals surface area contributed by atoms with Gasteiger partial charge in [-0.05, 0) is 54.5 Å². The Hall–Kier alpha value is -3.70. The van der Waals surface area contributed by atoms with Crippen LogP contribution in [0.25, 0.3) is 22.6 Å². The van der Waals surface area contributed by atoms with Crippen LogP contribution in [-0.4, -0.2) is 24.7 Å². The maximum Gasteiger partial charge on any atom is 0.256 e. The monoisotopic (exact) mass is 458 g/mol. The first-order valence-corrected chi connectivity index (χ1v) is 11.0. The van der Waals surface area contributed by atoms with Crippen LogP contribution >= 0.6 is 11.6 Å². The molecule has 166 valence electrons. The number of fused-ring (bicyclic) bond motifs is 2. The molecule has 1 aliphatic rings. The molecule has 0 fully saturated rings. The van der Waals surface area contributed by atoms with Crippen molar-refractivity contribution in [2.75, 3.05) is 19.5 Å². The number of carbonyl (C=O) groups is 1. The van der Waals surface area contributed by atoms with Gasteiger partial charge in [0.05, 0.1) is 19.7 Å². The summed E-state index contributed by atoms with van der Waals surface area (Å²) in [5.41, 5.74) is 6.14. The minimum atomic E-state index is -0.137. The number of halogens is 1. The summed E-state index contributed by atoms with van der Waals surface area (Å²) in [5.74, 6) is 1.44. The Morgan fingerprint density at radius 2 is 1.79 bits per heavy atom. The van der Waals surface area contributed by atoms with E-state index in [9.17, 15) is 4.79 Å². The zero-order chi connectivity index (χ0) is 23.1. The van der Waals surface area contributed by atoms with Crippen LogP contribution in [0.15, 0.2) is 60.7 Å². The average Bonchev–Trinajstić information content (AvgIpc) is 3.27. The summed E-state index contributed by atoms with van der Waals surface area (Å²) in [5, 5.41) is 4.43. The van der Waals surface area contributed by atoms with Crippen molar-refractivity contribution in [2.24, 2.45) is 0 Å². The number of benzene rings is 3. The van der Waals surface area contributed by atoms with Gasteiger partial charge >= 0.3 is 0 Å². The van der Waals surface area contributed by atoms with Crippen LogP contribution in [0.4, 0.5) is 5.69 Å². The van der Waals surface area contributed by atoms with Crippen LogP contribution in [0.5, 0.6) is 11.5 Å². The topological polar surface area (TPSA) is 52.5 Å². The van der Waals surface area contributed by atoms with Crippen LogP contribution in [-0.2, 0) is 11.3 Å². The van der Waals surface area contributed by atoms with E-state index in [1.54, 1.807) is 14.2 Å². The maximum atomic E-state index is 12.8. The molecular formula is C27H23ClN2O3. The van der Waals surface area contributed by atoms with E-state index < -0.39 is 0 Å². The molecule has 1 N–H and O–H groups in total. The molecule has 1 amide bonds. The van der Waals surface area contributed by atoms with Gasteiger partial charge in [-0.2, -0.15) is 0 Å². The second-order valence-corrected chi connectivity index (χ2v) is 8.39. The summed E-state index contributed by atoms with van der Waals surface area (Å²) in [6.07, 6.45) is 1.88. The van der Waals surface area contributed by atoms with E-state index in [0.717, 1.165) is 50.3 Å². The van der Waals surface area contributed by atoms with Gasteiger partial charge < -0.3 is 19.4 Å². The first-order valence-electron chi connectivity index (χ1n) is 10.6. The molecule has 0 aliphatic carbocycles. The second-order valence-electron chi connectivity index (χ2n) is 8.04. The largest absolute Gasteiger partial charge is 0.497 e. The summed E-state index contributed by atoms with van der Waals surface area (Å²) in [6.45, 7) is 2.59. The predicted molar refractivity (Wildman–Crippen MR) is 133 cm³/mol. The smallest absolute Gasteiger partial charge is 0.256 e. The number of amides is 1. The first-order chi connectivity index (χ1) is 16.0. The van der Waals surface area contributed by atoms with Crippen molar-refractivity contribution in [1.29, 1.82) is 0 Å². The summed E-state index contributed by atoms with van der Waals surface area (Å²) < 4.78 is 12.9. The van der Waals surface area contributed by atoms with Gasteiger partial charge in [-0.15, -0.1) is 0 Å². The quantitative estimate of drug-likeness (QED) is 0.364. The molecule has 0 saturated heterocycles. The highest BCUT2D eigenvalue weighted by molar-refractivity contribution is 6.38. The van der Waals surface area contributed by atoms with E-state index in [1.807, 2.05) is 67.6 Å². The van der Waals surface area contributed by atoms with E-state index >= 15 is 0 Å². The van der Waals surface area contributed by atoms with Crippen molar-refractivity contribution in [3.05, 3.63) is 88.1 Å². The van der Waals surface area contributed by atoms with Crippen LogP contribution in [0.2, 0.25) is 5.15 Å². The van der Waals surface area contributed by atoms with Crippen LogP contribution in [0.3, 0.4) is 0 Å². The molecule has 0 bridgehead atoms. The minimum Gasteiger partial charge on any atom is -0.497 e. The third-order valence-corrected chi connectivity index (χ3v) is 6.46. The van der Waals surface area contributed by atoms with Gasteiger partial charge in [0.15, 0.2) is 0 Å². The third kappa shape index (κ3) is 3.64. The highest BCUT2D eigenvalue weighted by atomic mass is 35.5. The standard InChI is InChI=1S/C27H23ClN2O3/c1-16-12-24-20(14-25(16)33-3)21(13-22-19-6-4-5-7-23(19)29-27(22)31)26(28)30(24)15-17-8-10-18(32-2)11-9-17/h4-14H,15H2,1-3H3,(H,29,31)/b22-13+. The zero-order valence-electron chi connectivity index (χ0n) is 18.6. The molecule has 4 aromatic rings. The number of ether oxygens (including phenoxy) is 2. The molecule has 0 unspecified atom stereocenters. The number of para-hydroxylation sites is 1. The fraction of sp³-hybridized carbons (Fsp3) is 0.148. The van der Waals surface area contributed by atoms with E-state index in [1.165, 1.54) is 0 Å². The summed E-state index contributed by atoms with van der Waals surface area (Å²) in [7, 11) is 3.31. The summed E-state index contributed by atoms with van der Waals surface area (Å²) in [4.78, 5) is 12.8. The van der Waals surface area contributed by atoms with E-state index in [4.69, 9.17) is 21.1 Å². The van der Waals surface area contributed by atoms with Gasteiger partial charge in [0.2, 0.25) is 0 Å². The molecule has 1 aliphatic heterocycles. The molecule has 0 saturated carbocycles. The number of hydrogen-bond acceptors (Lipinski definition) is 3. The van der Waals surface area contributed by atoms with Gasteiger partial charge in [-0.25, -0.2) is 0 Å². The molecule has 0 spiro atoms. The highest BCUT2D eigenvalue weighted by Gasteiger charge is 2.25. The van der Waals surface area contributed by atoms with Gasteiger partial charge in [-0.1, -0.05) is 41.9 Å². The number of rotatable bonds is 5. The van der Waals surface area contributed by atoms with Crippen molar-refractivity contribution in [3.63, 3.8) is 0 Å². The number of nitrogens with zero attached hydrogens (tertiary/aromatic N) is 1. The first kappa shape index (κ1) is 21.2. The summed E-state index contributed by atoms with van der Waals surface area (Å²) >= 11 is 6.98. The van der Waals surface area contributed by atoms with Crippen molar-refractivity contribution >= 4 is 45.7 Å². The van der Waals surface area contributed by atoms with Crippen molar-refractivity contribution in [1.82, 2.24) is 4.57 Å². The minimum absolute atomic E-state index is 0.137. The number of aryl methyl sites for hydroxylation is 1. The normalized spacial score (nSPS) is 13.9. The molecule has 1 aromatic heterocycles. The maximum absolute atomic E-state index is 12.8. The Balaban J connectivity index is 1.70. The lowest BCUT2D eigenvalue weighted by molar-refractivity contribution is -0.110. The van der Waals surface area contributed by atoms with Gasteiger partial charge in [0.25, 0.3) is 5.91 Å². The number of anilines is 1. The SMILES string of the molecule is COc1ccc(Cn2c(Cl)c(/C=C3/C(=O)Nc4ccccc43)c3cc(OC)c(C)cc32)cc1. The molecule has 3 aromatic carbocycles. The number of methoxy groups -OCH3 is 2. The Kier molecular flexibility index (Phi) is 5.35. The van der Waals surface area contributed by atoms with Crippen molar-refractivity contribution in [2.45, 2.75) is 13.5 Å². The van der Waals surface area contributed by atoms with E-state index in [0.29, 0.717) is 17.3 Å². The molecule has 33 heavy (non-hydrogen) atoms. The Bertz CT molecular complexity index is 1420. The molecule has 6 heteroatoms. The van der Waals surface area contributed by atoms with E-state index in [-0.39, 0.29) is 5.91 Å². The lowest BCUT2D eigenvalue weighted by Crippen LogP contribution is -2.03. The fourth-order valence-electron chi connectivity index (χ4n) is 4.33. The Morgan fingerprint density at radius 1 is 1.03 bits per heavy atom. The van der Waals surface area contributed by atoms with Crippen LogP contribution in [0.1, 0.15) is 22.3 Å². The molecule has 5 nitrogen and oxygen atoms in total. The predicted octanol–water partition coefficient (Wildman–Crippen LogP) is 6.16. The lowest BCUT2D eigenvalue weighted by Gasteiger charge is -2.10. The van der Waals surface area contributed by atoms with Crippen LogP contribution in [0, 0.1) is 6.92 Å². The van der Waals surface area contributed by atoms with Gasteiger partial charge in [0, 0.05) is 34.3 Å². The second kappa shape index (κ2) is 8.34. The zero-order valence-corrected chi connectivity index (χ0v) is 19.4. The van der Waals surface area contributed by atoms with Gasteiger partial charge in [-0.3, -0.25) is 4.79 Å². The van der Waals surface area contributed by atoms with Crippen molar-refractivity contribution in [3.8, 4) is 11.5 Å². The molecular weight excluding hydrogens is 436 g/mol. The number of nitrogens with one attached hydrogen (secondary N) is 1. The molecule has 0 atom stereocenters. The summed E-state index contributed by atoms with van der Waals surface area (Å²) in [6, 6.07) is 19.7. The molecule has 0 radical (unpaired) electrons. The molecule has 5 rings (SSSR count). The Morgan fingerprint density at radius 3 is 2.52 bits per heavy atom. The number of aromatic nitrogens is 1. The number of carbonyl (C=O) groups excluding carboxylic acids is 1. The van der Waals surface area contributed by atoms with Crippen molar-refractivity contribution < 1.29 is 14.3 Å². The van der Waals surface area contributed by atoms with E-state index in [2.05, 4.69) is 16.0 Å². The third-order valence-electron chi connectivity index (χ3n) is 6.05. The highest BCUT2D eigenvalue weighted by Crippen LogP contribution is 2.39. The van der Waals surface area contributed by atoms with Gasteiger partial charge in [0.1, 0.15) is 16.7 Å².